The molecule has 0 aromatic carbocycles. The van der Waals surface area contributed by atoms with Crippen molar-refractivity contribution < 1.29 is 8.42 Å². The lowest BCUT2D eigenvalue weighted by Gasteiger charge is -2.19. The van der Waals surface area contributed by atoms with Gasteiger partial charge in [0.25, 0.3) is 10.0 Å². The van der Waals surface area contributed by atoms with Gasteiger partial charge in [0.1, 0.15) is 0 Å². The van der Waals surface area contributed by atoms with Crippen molar-refractivity contribution in [2.24, 2.45) is 0 Å². The Bertz CT molecular complexity index is 545. The van der Waals surface area contributed by atoms with Crippen molar-refractivity contribution in [2.75, 3.05) is 6.54 Å². The fraction of sp³-hybridized carbons (Fsp3) is 0.556. The van der Waals surface area contributed by atoms with E-state index in [2.05, 4.69) is 4.98 Å². The van der Waals surface area contributed by atoms with Crippen LogP contribution in [0.5, 0.6) is 0 Å². The lowest BCUT2D eigenvalue weighted by molar-refractivity contribution is 0.412. The van der Waals surface area contributed by atoms with Gasteiger partial charge in [0.2, 0.25) is 0 Å². The van der Waals surface area contributed by atoms with Crippen LogP contribution in [0.2, 0.25) is 4.47 Å². The Morgan fingerprint density at radius 3 is 2.82 bits per heavy atom. The second-order valence-electron chi connectivity index (χ2n) is 3.69. The lowest BCUT2D eigenvalue weighted by Crippen LogP contribution is -2.33. The van der Waals surface area contributed by atoms with Crippen LogP contribution in [-0.2, 0) is 10.0 Å². The van der Waals surface area contributed by atoms with Crippen molar-refractivity contribution in [1.82, 2.24) is 9.29 Å². The molecule has 1 fully saturated rings. The van der Waals surface area contributed by atoms with Crippen LogP contribution in [-0.4, -0.2) is 30.3 Å². The summed E-state index contributed by atoms with van der Waals surface area (Å²) in [5, 5.41) is 8.56. The molecule has 92 valence electrons. The summed E-state index contributed by atoms with van der Waals surface area (Å²) in [5.74, 6) is 0. The molecule has 0 atom stereocenters. The van der Waals surface area contributed by atoms with Crippen molar-refractivity contribution in [3.63, 3.8) is 0 Å². The largest absolute Gasteiger partial charge is 0.254 e. The van der Waals surface area contributed by atoms with Gasteiger partial charge in [-0.2, -0.15) is 9.57 Å². The van der Waals surface area contributed by atoms with Crippen LogP contribution < -0.4 is 0 Å². The zero-order chi connectivity index (χ0) is 12.5. The third-order valence-electron chi connectivity index (χ3n) is 2.42. The molecular formula is C9H10ClN3O2S2. The van der Waals surface area contributed by atoms with Crippen molar-refractivity contribution in [1.29, 1.82) is 5.26 Å². The van der Waals surface area contributed by atoms with Crippen LogP contribution >= 0.6 is 22.9 Å². The fourth-order valence-electron chi connectivity index (χ4n) is 1.50. The molecule has 0 amide bonds. The molecule has 0 radical (unpaired) electrons. The molecule has 1 aliphatic rings. The van der Waals surface area contributed by atoms with Gasteiger partial charge in [0, 0.05) is 19.0 Å². The van der Waals surface area contributed by atoms with Crippen LogP contribution in [0.4, 0.5) is 0 Å². The Kier molecular flexibility index (Phi) is 3.68. The standard InChI is InChI=1S/C9H10ClN3O2S2/c10-9-12-6-8(16-9)17(14,15)13(5-1-4-11)7-2-3-7/h6-7H,1-3,5H2. The number of sulfonamides is 1. The molecule has 1 aliphatic carbocycles. The summed E-state index contributed by atoms with van der Waals surface area (Å²) in [6.07, 6.45) is 3.18. The molecular weight excluding hydrogens is 282 g/mol. The van der Waals surface area contributed by atoms with Crippen molar-refractivity contribution >= 4 is 33.0 Å². The Morgan fingerprint density at radius 2 is 2.35 bits per heavy atom. The van der Waals surface area contributed by atoms with Gasteiger partial charge in [0.05, 0.1) is 12.3 Å². The van der Waals surface area contributed by atoms with Crippen molar-refractivity contribution in [2.45, 2.75) is 29.5 Å². The van der Waals surface area contributed by atoms with Crippen molar-refractivity contribution in [3.8, 4) is 6.07 Å². The van der Waals surface area contributed by atoms with Crippen LogP contribution in [0.3, 0.4) is 0 Å². The number of rotatable bonds is 5. The first-order valence-corrected chi connectivity index (χ1v) is 7.69. The molecule has 0 spiro atoms. The van der Waals surface area contributed by atoms with Gasteiger partial charge in [-0.1, -0.05) is 22.9 Å². The van der Waals surface area contributed by atoms with Gasteiger partial charge >= 0.3 is 0 Å². The van der Waals surface area contributed by atoms with E-state index in [4.69, 9.17) is 16.9 Å². The molecule has 5 nitrogen and oxygen atoms in total. The number of nitriles is 1. The number of nitrogens with zero attached hydrogens (tertiary/aromatic N) is 3. The summed E-state index contributed by atoms with van der Waals surface area (Å²) >= 11 is 6.59. The first kappa shape index (κ1) is 12.8. The molecule has 0 unspecified atom stereocenters. The normalized spacial score (nSPS) is 16.1. The first-order valence-electron chi connectivity index (χ1n) is 5.06. The quantitative estimate of drug-likeness (QED) is 0.830. The summed E-state index contributed by atoms with van der Waals surface area (Å²) in [6, 6.07) is 2.00. The third kappa shape index (κ3) is 2.77. The summed E-state index contributed by atoms with van der Waals surface area (Å²) in [7, 11) is -3.54. The van der Waals surface area contributed by atoms with Crippen molar-refractivity contribution in [3.05, 3.63) is 10.7 Å². The summed E-state index contributed by atoms with van der Waals surface area (Å²) in [5.41, 5.74) is 0. The monoisotopic (exact) mass is 291 g/mol. The highest BCUT2D eigenvalue weighted by atomic mass is 35.5. The van der Waals surface area contributed by atoms with Crippen LogP contribution in [0.1, 0.15) is 19.3 Å². The molecule has 2 rings (SSSR count). The van der Waals surface area contributed by atoms with E-state index in [-0.39, 0.29) is 27.7 Å². The highest BCUT2D eigenvalue weighted by molar-refractivity contribution is 7.91. The number of aromatic nitrogens is 1. The average molecular weight is 292 g/mol. The molecule has 0 saturated heterocycles. The van der Waals surface area contributed by atoms with Crippen LogP contribution in [0.25, 0.3) is 0 Å². The van der Waals surface area contributed by atoms with Gasteiger partial charge in [-0.05, 0) is 12.8 Å². The number of thiazole rings is 1. The molecule has 0 aliphatic heterocycles. The Hall–Kier alpha value is -0.680. The molecule has 17 heavy (non-hydrogen) atoms. The predicted molar refractivity (Wildman–Crippen MR) is 64.3 cm³/mol. The molecule has 8 heteroatoms. The Morgan fingerprint density at radius 1 is 1.65 bits per heavy atom. The van der Waals surface area contributed by atoms with Gasteiger partial charge < -0.3 is 0 Å². The molecule has 0 N–H and O–H groups in total. The summed E-state index contributed by atoms with van der Waals surface area (Å²) < 4.78 is 26.3. The zero-order valence-corrected chi connectivity index (χ0v) is 11.2. The first-order chi connectivity index (χ1) is 8.05. The second-order valence-corrected chi connectivity index (χ2v) is 7.42. The maximum Gasteiger partial charge on any atom is 0.254 e. The van der Waals surface area contributed by atoms with E-state index in [1.165, 1.54) is 10.5 Å². The van der Waals surface area contributed by atoms with Gasteiger partial charge in [-0.25, -0.2) is 13.4 Å². The molecule has 1 heterocycles. The van der Waals surface area contributed by atoms with Crippen LogP contribution in [0, 0.1) is 11.3 Å². The van der Waals surface area contributed by atoms with E-state index in [9.17, 15) is 8.42 Å². The zero-order valence-electron chi connectivity index (χ0n) is 8.84. The van der Waals surface area contributed by atoms with Gasteiger partial charge in [-0.15, -0.1) is 0 Å². The number of halogens is 1. The fourth-order valence-corrected chi connectivity index (χ4v) is 4.61. The minimum atomic E-state index is -3.54. The third-order valence-corrected chi connectivity index (χ3v) is 5.92. The minimum absolute atomic E-state index is 0.0363. The average Bonchev–Trinajstić information content (AvgIpc) is 3.00. The molecule has 1 aromatic rings. The highest BCUT2D eigenvalue weighted by Gasteiger charge is 2.38. The maximum atomic E-state index is 12.3. The smallest absolute Gasteiger partial charge is 0.232 e. The highest BCUT2D eigenvalue weighted by Crippen LogP contribution is 2.34. The van der Waals surface area contributed by atoms with E-state index in [0.29, 0.717) is 0 Å². The van der Waals surface area contributed by atoms with Gasteiger partial charge in [0.15, 0.2) is 8.68 Å². The van der Waals surface area contributed by atoms with E-state index in [1.54, 1.807) is 0 Å². The Balaban J connectivity index is 2.25. The SMILES string of the molecule is N#CCCN(C1CC1)S(=O)(=O)c1cnc(Cl)s1. The summed E-state index contributed by atoms with van der Waals surface area (Å²) in [6.45, 7) is 0.235. The maximum absolute atomic E-state index is 12.3. The van der Waals surface area contributed by atoms with E-state index in [0.717, 1.165) is 24.2 Å². The molecule has 0 bridgehead atoms. The topological polar surface area (TPSA) is 74.1 Å². The van der Waals surface area contributed by atoms with E-state index in [1.807, 2.05) is 6.07 Å². The van der Waals surface area contributed by atoms with Crippen LogP contribution in [0.15, 0.2) is 10.4 Å². The summed E-state index contributed by atoms with van der Waals surface area (Å²) in [4.78, 5) is 3.74. The second kappa shape index (κ2) is 4.90. The Labute approximate surface area is 109 Å². The number of hydrogen-bond acceptors (Lipinski definition) is 5. The predicted octanol–water partition coefficient (Wildman–Crippen LogP) is 1.86. The number of hydrogen-bond donors (Lipinski definition) is 0. The van der Waals surface area contributed by atoms with Gasteiger partial charge in [-0.3, -0.25) is 0 Å². The van der Waals surface area contributed by atoms with E-state index >= 15 is 0 Å². The van der Waals surface area contributed by atoms with E-state index < -0.39 is 10.0 Å². The molecule has 1 saturated carbocycles. The molecule has 1 aromatic heterocycles. The lowest BCUT2D eigenvalue weighted by atomic mass is 10.4. The minimum Gasteiger partial charge on any atom is -0.232 e.